The van der Waals surface area contributed by atoms with Crippen LogP contribution < -0.4 is 12.4 Å². The van der Waals surface area contributed by atoms with Crippen LogP contribution >= 0.6 is 11.6 Å². The van der Waals surface area contributed by atoms with Gasteiger partial charge in [0.2, 0.25) is 0 Å². The van der Waals surface area contributed by atoms with E-state index in [1.807, 2.05) is 6.07 Å². The van der Waals surface area contributed by atoms with E-state index in [0.717, 1.165) is 25.8 Å². The number of hydrogen-bond donors (Lipinski definition) is 0. The van der Waals surface area contributed by atoms with E-state index in [9.17, 15) is 4.79 Å². The Morgan fingerprint density at radius 3 is 2.62 bits per heavy atom. The number of halogens is 2. The summed E-state index contributed by atoms with van der Waals surface area (Å²) in [6, 6.07) is 7.06. The maximum absolute atomic E-state index is 12.2. The zero-order chi connectivity index (χ0) is 14.5. The van der Waals surface area contributed by atoms with Crippen LogP contribution in [0.4, 0.5) is 0 Å². The summed E-state index contributed by atoms with van der Waals surface area (Å²) in [5, 5.41) is 0.456. The van der Waals surface area contributed by atoms with E-state index in [4.69, 9.17) is 16.3 Å². The molecule has 2 rings (SSSR count). The first-order valence-electron chi connectivity index (χ1n) is 7.18. The fourth-order valence-electron chi connectivity index (χ4n) is 2.83. The van der Waals surface area contributed by atoms with Crippen LogP contribution in [0, 0.1) is 5.92 Å². The average Bonchev–Trinajstić information content (AvgIpc) is 2.41. The molecule has 1 saturated carbocycles. The first kappa shape index (κ1) is 18.3. The molecule has 5 heteroatoms. The Hall–Kier alpha value is -0.770. The molecular weight excluding hydrogens is 309 g/mol. The predicted octanol–water partition coefficient (Wildman–Crippen LogP) is 0.621. The first-order chi connectivity index (χ1) is 9.58. The summed E-state index contributed by atoms with van der Waals surface area (Å²) >= 11 is 6.05. The molecule has 1 aromatic carbocycles. The molecule has 0 aromatic heterocycles. The molecule has 21 heavy (non-hydrogen) atoms. The van der Waals surface area contributed by atoms with Crippen LogP contribution in [0.25, 0.3) is 0 Å². The summed E-state index contributed by atoms with van der Waals surface area (Å²) in [6.07, 6.45) is 4.44. The lowest BCUT2D eigenvalue weighted by atomic mass is 9.86. The van der Waals surface area contributed by atoms with Crippen LogP contribution in [-0.2, 0) is 4.74 Å². The molecule has 0 spiro atoms. The number of ether oxygens (including phenoxy) is 1. The minimum Gasteiger partial charge on any atom is -1.00 e. The highest BCUT2D eigenvalue weighted by Crippen LogP contribution is 2.28. The third-order valence-corrected chi connectivity index (χ3v) is 4.12. The van der Waals surface area contributed by atoms with Crippen molar-refractivity contribution < 1.29 is 21.9 Å². The Balaban J connectivity index is 0.00000220. The van der Waals surface area contributed by atoms with Gasteiger partial charge in [-0.1, -0.05) is 30.2 Å². The summed E-state index contributed by atoms with van der Waals surface area (Å²) in [4.78, 5) is 14.4. The second-order valence-corrected chi connectivity index (χ2v) is 6.14. The molecule has 0 bridgehead atoms. The molecule has 1 aromatic rings. The highest BCUT2D eigenvalue weighted by molar-refractivity contribution is 6.33. The Morgan fingerprint density at radius 1 is 1.29 bits per heavy atom. The van der Waals surface area contributed by atoms with Crippen LogP contribution in [0.3, 0.4) is 0 Å². The zero-order valence-electron chi connectivity index (χ0n) is 12.5. The van der Waals surface area contributed by atoms with Gasteiger partial charge >= 0.3 is 5.97 Å². The number of carbonyl (C=O) groups is 1. The molecule has 2 unspecified atom stereocenters. The maximum Gasteiger partial charge on any atom is 0.339 e. The lowest BCUT2D eigenvalue weighted by molar-refractivity contribution is -0.00342. The van der Waals surface area contributed by atoms with Crippen molar-refractivity contribution in [1.29, 1.82) is 0 Å². The van der Waals surface area contributed by atoms with Crippen LogP contribution in [0.2, 0.25) is 5.02 Å². The van der Waals surface area contributed by atoms with Gasteiger partial charge in [0.05, 0.1) is 10.6 Å². The van der Waals surface area contributed by atoms with E-state index in [0.29, 0.717) is 16.5 Å². The number of esters is 1. The second kappa shape index (κ2) is 8.62. The lowest BCUT2D eigenvalue weighted by Gasteiger charge is -2.33. The van der Waals surface area contributed by atoms with E-state index in [1.54, 1.807) is 18.2 Å². The Kier molecular flexibility index (Phi) is 7.50. The largest absolute Gasteiger partial charge is 1.00 e. The molecule has 118 valence electrons. The van der Waals surface area contributed by atoms with E-state index < -0.39 is 0 Å². The monoisotopic (exact) mass is 330 g/mol. The highest BCUT2D eigenvalue weighted by Gasteiger charge is 2.29. The van der Waals surface area contributed by atoms with Crippen molar-refractivity contribution in [2.45, 2.75) is 31.8 Å². The molecule has 0 N–H and O–H groups in total. The number of rotatable bonds is 4. The van der Waals surface area contributed by atoms with Gasteiger partial charge in [0.25, 0.3) is 0 Å². The van der Waals surface area contributed by atoms with E-state index in [-0.39, 0.29) is 24.5 Å². The second-order valence-electron chi connectivity index (χ2n) is 5.73. The van der Waals surface area contributed by atoms with Crippen molar-refractivity contribution in [1.82, 2.24) is 4.90 Å². The molecule has 0 aliphatic heterocycles. The number of hydrogen-bond acceptors (Lipinski definition) is 3. The van der Waals surface area contributed by atoms with Crippen molar-refractivity contribution in [3.8, 4) is 0 Å². The predicted molar refractivity (Wildman–Crippen MR) is 81.2 cm³/mol. The summed E-state index contributed by atoms with van der Waals surface area (Å²) in [5.41, 5.74) is 0.461. The standard InChI is InChI=1S/C16H22ClNO2.ClH/c1-18(2)11-12-7-3-6-10-15(12)20-16(19)13-8-4-5-9-14(13)17;/h4-5,8-9,12,15H,3,6-7,10-11H2,1-2H3;1H/p-1. The van der Waals surface area contributed by atoms with E-state index in [2.05, 4.69) is 19.0 Å². The summed E-state index contributed by atoms with van der Waals surface area (Å²) in [6.45, 7) is 0.959. The SMILES string of the molecule is CN(C)CC1CCCCC1OC(=O)c1ccccc1Cl.[Cl-]. The van der Waals surface area contributed by atoms with Crippen molar-refractivity contribution in [2.24, 2.45) is 5.92 Å². The normalized spacial score (nSPS) is 21.7. The third-order valence-electron chi connectivity index (χ3n) is 3.79. The molecular formula is C16H22Cl2NO2-. The summed E-state index contributed by atoms with van der Waals surface area (Å²) < 4.78 is 5.72. The van der Waals surface area contributed by atoms with Gasteiger partial charge in [-0.05, 0) is 45.5 Å². The fraction of sp³-hybridized carbons (Fsp3) is 0.562. The molecule has 1 aliphatic carbocycles. The quantitative estimate of drug-likeness (QED) is 0.758. The molecule has 0 heterocycles. The Bertz CT molecular complexity index is 465. The smallest absolute Gasteiger partial charge is 0.339 e. The summed E-state index contributed by atoms with van der Waals surface area (Å²) in [7, 11) is 4.11. The summed E-state index contributed by atoms with van der Waals surface area (Å²) in [5.74, 6) is 0.122. The van der Waals surface area contributed by atoms with Crippen molar-refractivity contribution >= 4 is 17.6 Å². The molecule has 3 nitrogen and oxygen atoms in total. The fourth-order valence-corrected chi connectivity index (χ4v) is 3.05. The van der Waals surface area contributed by atoms with Crippen molar-refractivity contribution in [3.63, 3.8) is 0 Å². The van der Waals surface area contributed by atoms with Crippen LogP contribution in [0.5, 0.6) is 0 Å². The number of benzene rings is 1. The molecule has 0 amide bonds. The average molecular weight is 331 g/mol. The lowest BCUT2D eigenvalue weighted by Crippen LogP contribution is -3.00. The van der Waals surface area contributed by atoms with Crippen molar-refractivity contribution in [2.75, 3.05) is 20.6 Å². The van der Waals surface area contributed by atoms with Gasteiger partial charge in [-0.2, -0.15) is 0 Å². The van der Waals surface area contributed by atoms with Gasteiger partial charge in [-0.25, -0.2) is 4.79 Å². The molecule has 2 atom stereocenters. The van der Waals surface area contributed by atoms with Crippen LogP contribution in [0.15, 0.2) is 24.3 Å². The van der Waals surface area contributed by atoms with Gasteiger partial charge in [0.15, 0.2) is 0 Å². The number of carbonyl (C=O) groups excluding carboxylic acids is 1. The van der Waals surface area contributed by atoms with E-state index in [1.165, 1.54) is 6.42 Å². The van der Waals surface area contributed by atoms with Crippen LogP contribution in [-0.4, -0.2) is 37.6 Å². The minimum atomic E-state index is -0.300. The Morgan fingerprint density at radius 2 is 1.95 bits per heavy atom. The molecule has 1 aliphatic rings. The van der Waals surface area contributed by atoms with Crippen LogP contribution in [0.1, 0.15) is 36.0 Å². The highest BCUT2D eigenvalue weighted by atomic mass is 35.5. The van der Waals surface area contributed by atoms with Gasteiger partial charge in [-0.15, -0.1) is 0 Å². The Labute approximate surface area is 138 Å². The van der Waals surface area contributed by atoms with Gasteiger partial charge in [-0.3, -0.25) is 0 Å². The zero-order valence-corrected chi connectivity index (χ0v) is 14.0. The third kappa shape index (κ3) is 5.17. The van der Waals surface area contributed by atoms with Gasteiger partial charge in [0.1, 0.15) is 6.10 Å². The minimum absolute atomic E-state index is 0. The molecule has 1 fully saturated rings. The van der Waals surface area contributed by atoms with E-state index >= 15 is 0 Å². The van der Waals surface area contributed by atoms with Crippen molar-refractivity contribution in [3.05, 3.63) is 34.9 Å². The first-order valence-corrected chi connectivity index (χ1v) is 7.56. The maximum atomic E-state index is 12.2. The molecule has 0 radical (unpaired) electrons. The van der Waals surface area contributed by atoms with Gasteiger partial charge < -0.3 is 22.0 Å². The number of nitrogens with zero attached hydrogens (tertiary/aromatic N) is 1. The molecule has 0 saturated heterocycles. The van der Waals surface area contributed by atoms with Gasteiger partial charge in [0, 0.05) is 12.5 Å². The topological polar surface area (TPSA) is 29.5 Å².